The zero-order valence-electron chi connectivity index (χ0n) is 8.89. The van der Waals surface area contributed by atoms with Gasteiger partial charge in [-0.3, -0.25) is 0 Å². The van der Waals surface area contributed by atoms with Gasteiger partial charge in [0.2, 0.25) is 5.28 Å². The number of hydrogen-bond acceptors (Lipinski definition) is 3. The van der Waals surface area contributed by atoms with Crippen LogP contribution in [0.2, 0.25) is 5.28 Å². The molecule has 1 saturated carbocycles. The minimum atomic E-state index is -4.47. The van der Waals surface area contributed by atoms with Crippen molar-refractivity contribution >= 4 is 17.4 Å². The van der Waals surface area contributed by atoms with Gasteiger partial charge in [-0.05, 0) is 24.4 Å². The fraction of sp³-hybridized carbons (Fsp3) is 0.600. The lowest BCUT2D eigenvalue weighted by Gasteiger charge is -2.17. The van der Waals surface area contributed by atoms with Crippen LogP contribution < -0.4 is 5.32 Å². The molecule has 3 nitrogen and oxygen atoms in total. The fourth-order valence-corrected chi connectivity index (χ4v) is 2.07. The molecule has 0 saturated heterocycles. The molecule has 2 rings (SSSR count). The molecule has 0 atom stereocenters. The van der Waals surface area contributed by atoms with Crippen LogP contribution in [0.4, 0.5) is 19.0 Å². The van der Waals surface area contributed by atoms with Crippen LogP contribution in [0, 0.1) is 0 Å². The normalized spacial score (nSPS) is 17.4. The Morgan fingerprint density at radius 1 is 1.29 bits per heavy atom. The molecule has 0 amide bonds. The third-order valence-corrected chi connectivity index (χ3v) is 2.94. The molecule has 17 heavy (non-hydrogen) atoms. The zero-order valence-corrected chi connectivity index (χ0v) is 9.65. The standard InChI is InChI=1S/C10H11ClF3N3/c11-9-15-5-7(10(12,13)14)8(17-9)16-6-3-1-2-4-6/h5-6H,1-4H2,(H,15,16,17). The summed E-state index contributed by atoms with van der Waals surface area (Å²) in [6, 6.07) is 0.0436. The molecule has 1 heterocycles. The van der Waals surface area contributed by atoms with Crippen LogP contribution in [0.5, 0.6) is 0 Å². The smallest absolute Gasteiger partial charge is 0.367 e. The molecule has 94 valence electrons. The molecule has 0 aromatic carbocycles. The Hall–Kier alpha value is -1.04. The molecule has 0 bridgehead atoms. The maximum Gasteiger partial charge on any atom is 0.421 e. The highest BCUT2D eigenvalue weighted by Gasteiger charge is 2.35. The van der Waals surface area contributed by atoms with Crippen molar-refractivity contribution in [3.05, 3.63) is 17.0 Å². The summed E-state index contributed by atoms with van der Waals surface area (Å²) < 4.78 is 38.1. The van der Waals surface area contributed by atoms with E-state index in [2.05, 4.69) is 15.3 Å². The summed E-state index contributed by atoms with van der Waals surface area (Å²) in [5.74, 6) is -0.218. The van der Waals surface area contributed by atoms with Crippen molar-refractivity contribution in [1.82, 2.24) is 9.97 Å². The van der Waals surface area contributed by atoms with Gasteiger partial charge in [-0.2, -0.15) is 13.2 Å². The van der Waals surface area contributed by atoms with E-state index >= 15 is 0 Å². The van der Waals surface area contributed by atoms with Crippen LogP contribution in [-0.2, 0) is 6.18 Å². The summed E-state index contributed by atoms with van der Waals surface area (Å²) in [6.45, 7) is 0. The number of anilines is 1. The summed E-state index contributed by atoms with van der Waals surface area (Å²) in [7, 11) is 0. The Morgan fingerprint density at radius 3 is 2.53 bits per heavy atom. The Morgan fingerprint density at radius 2 is 1.94 bits per heavy atom. The van der Waals surface area contributed by atoms with Crippen molar-refractivity contribution in [2.24, 2.45) is 0 Å². The van der Waals surface area contributed by atoms with Crippen LogP contribution in [-0.4, -0.2) is 16.0 Å². The average Bonchev–Trinajstić information content (AvgIpc) is 2.68. The third kappa shape index (κ3) is 3.00. The molecule has 1 fully saturated rings. The van der Waals surface area contributed by atoms with E-state index in [1.807, 2.05) is 0 Å². The second-order valence-electron chi connectivity index (χ2n) is 4.02. The van der Waals surface area contributed by atoms with Crippen molar-refractivity contribution in [3.63, 3.8) is 0 Å². The summed E-state index contributed by atoms with van der Waals surface area (Å²) in [6.07, 6.45) is 0.0195. The summed E-state index contributed by atoms with van der Waals surface area (Å²) in [4.78, 5) is 7.00. The van der Waals surface area contributed by atoms with Gasteiger partial charge in [0.25, 0.3) is 0 Å². The van der Waals surface area contributed by atoms with Crippen LogP contribution in [0.3, 0.4) is 0 Å². The second-order valence-corrected chi connectivity index (χ2v) is 4.36. The number of nitrogens with one attached hydrogen (secondary N) is 1. The van der Waals surface area contributed by atoms with Gasteiger partial charge in [0, 0.05) is 12.2 Å². The number of alkyl halides is 3. The molecular formula is C10H11ClF3N3. The summed E-state index contributed by atoms with van der Waals surface area (Å²) in [5, 5.41) is 2.62. The van der Waals surface area contributed by atoms with Gasteiger partial charge in [-0.25, -0.2) is 9.97 Å². The Kier molecular flexibility index (Phi) is 3.42. The monoisotopic (exact) mass is 265 g/mol. The molecule has 0 unspecified atom stereocenters. The first-order valence-corrected chi connectivity index (χ1v) is 5.71. The highest BCUT2D eigenvalue weighted by molar-refractivity contribution is 6.28. The first-order valence-electron chi connectivity index (χ1n) is 5.33. The van der Waals surface area contributed by atoms with Crippen LogP contribution in [0.25, 0.3) is 0 Å². The maximum atomic E-state index is 12.7. The number of rotatable bonds is 2. The molecule has 0 aliphatic heterocycles. The molecule has 1 N–H and O–H groups in total. The first-order chi connectivity index (χ1) is 7.97. The lowest BCUT2D eigenvalue weighted by Crippen LogP contribution is -2.20. The zero-order chi connectivity index (χ0) is 12.5. The van der Waals surface area contributed by atoms with Gasteiger partial charge in [0.05, 0.1) is 0 Å². The van der Waals surface area contributed by atoms with Crippen molar-refractivity contribution in [1.29, 1.82) is 0 Å². The van der Waals surface area contributed by atoms with Gasteiger partial charge < -0.3 is 5.32 Å². The molecule has 1 aromatic rings. The number of halogens is 4. The van der Waals surface area contributed by atoms with Crippen molar-refractivity contribution in [2.75, 3.05) is 5.32 Å². The molecule has 7 heteroatoms. The van der Waals surface area contributed by atoms with Crippen molar-refractivity contribution in [2.45, 2.75) is 37.9 Å². The van der Waals surface area contributed by atoms with Gasteiger partial charge in [-0.15, -0.1) is 0 Å². The minimum Gasteiger partial charge on any atom is -0.367 e. The number of hydrogen-bond donors (Lipinski definition) is 1. The summed E-state index contributed by atoms with van der Waals surface area (Å²) >= 11 is 5.52. The van der Waals surface area contributed by atoms with E-state index in [9.17, 15) is 13.2 Å². The van der Waals surface area contributed by atoms with Gasteiger partial charge in [0.1, 0.15) is 11.4 Å². The van der Waals surface area contributed by atoms with E-state index in [-0.39, 0.29) is 17.1 Å². The van der Waals surface area contributed by atoms with Gasteiger partial charge >= 0.3 is 6.18 Å². The van der Waals surface area contributed by atoms with Crippen molar-refractivity contribution < 1.29 is 13.2 Å². The molecular weight excluding hydrogens is 255 g/mol. The lowest BCUT2D eigenvalue weighted by atomic mass is 10.2. The predicted octanol–water partition coefficient (Wildman–Crippen LogP) is 3.50. The van der Waals surface area contributed by atoms with E-state index < -0.39 is 11.7 Å². The molecule has 0 spiro atoms. The Bertz CT molecular complexity index is 402. The SMILES string of the molecule is FC(F)(F)c1cnc(Cl)nc1NC1CCCC1. The lowest BCUT2D eigenvalue weighted by molar-refractivity contribution is -0.137. The first kappa shape index (κ1) is 12.4. The topological polar surface area (TPSA) is 37.8 Å². The largest absolute Gasteiger partial charge is 0.421 e. The maximum absolute atomic E-state index is 12.7. The molecule has 1 aliphatic carbocycles. The van der Waals surface area contributed by atoms with E-state index in [4.69, 9.17) is 11.6 Å². The van der Waals surface area contributed by atoms with E-state index in [0.29, 0.717) is 6.20 Å². The van der Waals surface area contributed by atoms with Gasteiger partial charge in [0.15, 0.2) is 0 Å². The number of nitrogens with zero attached hydrogens (tertiary/aromatic N) is 2. The van der Waals surface area contributed by atoms with Crippen LogP contribution in [0.1, 0.15) is 31.2 Å². The highest BCUT2D eigenvalue weighted by Crippen LogP contribution is 2.35. The van der Waals surface area contributed by atoms with Crippen LogP contribution in [0.15, 0.2) is 6.20 Å². The van der Waals surface area contributed by atoms with Crippen molar-refractivity contribution in [3.8, 4) is 0 Å². The molecule has 1 aliphatic rings. The van der Waals surface area contributed by atoms with E-state index in [1.54, 1.807) is 0 Å². The average molecular weight is 266 g/mol. The Balaban J connectivity index is 2.26. The minimum absolute atomic E-state index is 0.0436. The predicted molar refractivity (Wildman–Crippen MR) is 57.9 cm³/mol. The van der Waals surface area contributed by atoms with Crippen LogP contribution >= 0.6 is 11.6 Å². The molecule has 1 aromatic heterocycles. The second kappa shape index (κ2) is 4.68. The quantitative estimate of drug-likeness (QED) is 0.832. The van der Waals surface area contributed by atoms with E-state index in [0.717, 1.165) is 25.7 Å². The third-order valence-electron chi connectivity index (χ3n) is 2.76. The fourth-order valence-electron chi connectivity index (χ4n) is 1.94. The summed E-state index contributed by atoms with van der Waals surface area (Å²) in [5.41, 5.74) is -0.867. The number of aromatic nitrogens is 2. The van der Waals surface area contributed by atoms with E-state index in [1.165, 1.54) is 0 Å². The highest BCUT2D eigenvalue weighted by atomic mass is 35.5. The Labute approximate surface area is 101 Å². The van der Waals surface area contributed by atoms with Gasteiger partial charge in [-0.1, -0.05) is 12.8 Å². The molecule has 0 radical (unpaired) electrons.